The van der Waals surface area contributed by atoms with E-state index in [0.29, 0.717) is 0 Å². The minimum absolute atomic E-state index is 0.0395. The molecule has 0 atom stereocenters. The normalized spacial score (nSPS) is 15.9. The fourth-order valence-corrected chi connectivity index (χ4v) is 4.78. The SMILES string of the molecule is CCC(CC)NS(=O)(=O)c1ccc(N2CCN(Cc3ccccc3)CC2)nc1. The molecule has 0 saturated carbocycles. The molecule has 2 heterocycles. The van der Waals surface area contributed by atoms with E-state index in [-0.39, 0.29) is 10.9 Å². The van der Waals surface area contributed by atoms with Crippen molar-refractivity contribution in [1.82, 2.24) is 14.6 Å². The number of anilines is 1. The molecule has 1 aliphatic heterocycles. The fourth-order valence-electron chi connectivity index (χ4n) is 3.44. The largest absolute Gasteiger partial charge is 0.354 e. The maximum atomic E-state index is 12.5. The molecule has 0 radical (unpaired) electrons. The molecule has 0 bridgehead atoms. The number of piperazine rings is 1. The zero-order valence-corrected chi connectivity index (χ0v) is 17.5. The summed E-state index contributed by atoms with van der Waals surface area (Å²) in [5.41, 5.74) is 1.33. The monoisotopic (exact) mass is 402 g/mol. The van der Waals surface area contributed by atoms with Crippen molar-refractivity contribution in [2.24, 2.45) is 0 Å². The Morgan fingerprint density at radius 2 is 1.68 bits per heavy atom. The number of aromatic nitrogens is 1. The third-order valence-corrected chi connectivity index (χ3v) is 6.79. The maximum absolute atomic E-state index is 12.5. The molecule has 0 spiro atoms. The summed E-state index contributed by atoms with van der Waals surface area (Å²) in [7, 11) is -3.51. The number of rotatable bonds is 8. The molecule has 7 heteroatoms. The summed E-state index contributed by atoms with van der Waals surface area (Å²) in [6, 6.07) is 13.9. The molecule has 1 aliphatic rings. The zero-order chi connectivity index (χ0) is 20.0. The van der Waals surface area contributed by atoms with Crippen molar-refractivity contribution in [3.63, 3.8) is 0 Å². The predicted molar refractivity (Wildman–Crippen MR) is 113 cm³/mol. The number of benzene rings is 1. The Morgan fingerprint density at radius 1 is 1.00 bits per heavy atom. The summed E-state index contributed by atoms with van der Waals surface area (Å²) in [6.45, 7) is 8.63. The van der Waals surface area contributed by atoms with Crippen LogP contribution < -0.4 is 9.62 Å². The molecule has 1 aromatic carbocycles. The van der Waals surface area contributed by atoms with Gasteiger partial charge in [0.05, 0.1) is 0 Å². The Morgan fingerprint density at radius 3 is 2.25 bits per heavy atom. The number of nitrogens with one attached hydrogen (secondary N) is 1. The molecule has 1 aromatic heterocycles. The number of nitrogens with zero attached hydrogens (tertiary/aromatic N) is 3. The maximum Gasteiger partial charge on any atom is 0.242 e. The first-order valence-corrected chi connectivity index (χ1v) is 11.5. The van der Waals surface area contributed by atoms with Gasteiger partial charge in [0, 0.05) is 45.0 Å². The molecule has 0 unspecified atom stereocenters. The van der Waals surface area contributed by atoms with E-state index in [1.165, 1.54) is 11.8 Å². The van der Waals surface area contributed by atoms with Gasteiger partial charge in [-0.15, -0.1) is 0 Å². The van der Waals surface area contributed by atoms with Gasteiger partial charge in [0.2, 0.25) is 10.0 Å². The summed E-state index contributed by atoms with van der Waals surface area (Å²) in [5.74, 6) is 0.834. The van der Waals surface area contributed by atoms with E-state index in [2.05, 4.69) is 43.8 Å². The van der Waals surface area contributed by atoms with Crippen molar-refractivity contribution in [3.05, 3.63) is 54.2 Å². The van der Waals surface area contributed by atoms with E-state index in [9.17, 15) is 8.42 Å². The first kappa shape index (κ1) is 20.8. The van der Waals surface area contributed by atoms with Gasteiger partial charge in [-0.1, -0.05) is 44.2 Å². The third kappa shape index (κ3) is 5.31. The number of hydrogen-bond donors (Lipinski definition) is 1. The molecule has 1 N–H and O–H groups in total. The topological polar surface area (TPSA) is 65.5 Å². The fraction of sp³-hybridized carbons (Fsp3) is 0.476. The van der Waals surface area contributed by atoms with Crippen molar-refractivity contribution in [1.29, 1.82) is 0 Å². The summed E-state index contributed by atoms with van der Waals surface area (Å²) in [4.78, 5) is 9.30. The predicted octanol–water partition coefficient (Wildman–Crippen LogP) is 2.87. The minimum Gasteiger partial charge on any atom is -0.354 e. The van der Waals surface area contributed by atoms with Gasteiger partial charge in [0.1, 0.15) is 10.7 Å². The van der Waals surface area contributed by atoms with Crippen molar-refractivity contribution >= 4 is 15.8 Å². The lowest BCUT2D eigenvalue weighted by molar-refractivity contribution is 0.249. The van der Waals surface area contributed by atoms with Gasteiger partial charge in [0.15, 0.2) is 0 Å². The summed E-state index contributed by atoms with van der Waals surface area (Å²) < 4.78 is 27.7. The van der Waals surface area contributed by atoms with Gasteiger partial charge < -0.3 is 4.90 Å². The molecule has 28 heavy (non-hydrogen) atoms. The van der Waals surface area contributed by atoms with Gasteiger partial charge >= 0.3 is 0 Å². The van der Waals surface area contributed by atoms with Crippen LogP contribution in [0.2, 0.25) is 0 Å². The molecule has 0 amide bonds. The lowest BCUT2D eigenvalue weighted by Gasteiger charge is -2.35. The van der Waals surface area contributed by atoms with Crippen LogP contribution in [0.1, 0.15) is 32.3 Å². The highest BCUT2D eigenvalue weighted by atomic mass is 32.2. The van der Waals surface area contributed by atoms with E-state index < -0.39 is 10.0 Å². The second-order valence-electron chi connectivity index (χ2n) is 7.24. The summed E-state index contributed by atoms with van der Waals surface area (Å²) >= 11 is 0. The minimum atomic E-state index is -3.51. The summed E-state index contributed by atoms with van der Waals surface area (Å²) in [6.07, 6.45) is 3.01. The third-order valence-electron chi connectivity index (χ3n) is 5.28. The molecular formula is C21H30N4O2S. The molecule has 152 valence electrons. The molecule has 0 aliphatic carbocycles. The van der Waals surface area contributed by atoms with Crippen LogP contribution in [0.15, 0.2) is 53.6 Å². The second-order valence-corrected chi connectivity index (χ2v) is 8.95. The molecule has 1 saturated heterocycles. The van der Waals surface area contributed by atoms with Crippen molar-refractivity contribution in [2.75, 3.05) is 31.1 Å². The Labute approximate surface area is 168 Å². The van der Waals surface area contributed by atoms with Crippen LogP contribution in [0.4, 0.5) is 5.82 Å². The van der Waals surface area contributed by atoms with Gasteiger partial charge in [-0.2, -0.15) is 0 Å². The van der Waals surface area contributed by atoms with Crippen molar-refractivity contribution in [3.8, 4) is 0 Å². The van der Waals surface area contributed by atoms with Crippen LogP contribution in [0.5, 0.6) is 0 Å². The van der Waals surface area contributed by atoms with Gasteiger partial charge in [-0.3, -0.25) is 4.90 Å². The van der Waals surface area contributed by atoms with Crippen LogP contribution in [0, 0.1) is 0 Å². The Balaban J connectivity index is 1.57. The highest BCUT2D eigenvalue weighted by molar-refractivity contribution is 7.89. The number of sulfonamides is 1. The van der Waals surface area contributed by atoms with Crippen molar-refractivity contribution in [2.45, 2.75) is 44.2 Å². The summed E-state index contributed by atoms with van der Waals surface area (Å²) in [5, 5.41) is 0. The molecule has 2 aromatic rings. The Bertz CT molecular complexity index is 828. The first-order chi connectivity index (χ1) is 13.5. The van der Waals surface area contributed by atoms with Crippen molar-refractivity contribution < 1.29 is 8.42 Å². The standard InChI is InChI=1S/C21H30N4O2S/c1-3-19(4-2)23-28(26,27)20-10-11-21(22-16-20)25-14-12-24(13-15-25)17-18-8-6-5-7-9-18/h5-11,16,19,23H,3-4,12-15,17H2,1-2H3. The lowest BCUT2D eigenvalue weighted by atomic mass is 10.2. The quantitative estimate of drug-likeness (QED) is 0.736. The zero-order valence-electron chi connectivity index (χ0n) is 16.7. The van der Waals surface area contributed by atoms with Crippen LogP contribution in [-0.4, -0.2) is 50.5 Å². The molecule has 3 rings (SSSR count). The smallest absolute Gasteiger partial charge is 0.242 e. The average Bonchev–Trinajstić information content (AvgIpc) is 2.73. The van der Waals surface area contributed by atoms with Crippen LogP contribution in [-0.2, 0) is 16.6 Å². The van der Waals surface area contributed by atoms with Crippen LogP contribution in [0.25, 0.3) is 0 Å². The van der Waals surface area contributed by atoms with Gasteiger partial charge in [-0.05, 0) is 30.5 Å². The lowest BCUT2D eigenvalue weighted by Crippen LogP contribution is -2.46. The molecule has 6 nitrogen and oxygen atoms in total. The number of hydrogen-bond acceptors (Lipinski definition) is 5. The molecule has 1 fully saturated rings. The number of pyridine rings is 1. The van der Waals surface area contributed by atoms with E-state index in [1.54, 1.807) is 6.07 Å². The van der Waals surface area contributed by atoms with E-state index in [0.717, 1.165) is 51.4 Å². The first-order valence-electron chi connectivity index (χ1n) is 10.0. The Hall–Kier alpha value is -1.96. The van der Waals surface area contributed by atoms with E-state index in [4.69, 9.17) is 0 Å². The second kappa shape index (κ2) is 9.49. The highest BCUT2D eigenvalue weighted by Crippen LogP contribution is 2.18. The van der Waals surface area contributed by atoms with Crippen LogP contribution >= 0.6 is 0 Å². The van der Waals surface area contributed by atoms with E-state index >= 15 is 0 Å². The molecular weight excluding hydrogens is 372 g/mol. The van der Waals surface area contributed by atoms with E-state index in [1.807, 2.05) is 26.0 Å². The Kier molecular flexibility index (Phi) is 7.04. The van der Waals surface area contributed by atoms with Gasteiger partial charge in [-0.25, -0.2) is 18.1 Å². The van der Waals surface area contributed by atoms with Crippen LogP contribution in [0.3, 0.4) is 0 Å². The van der Waals surface area contributed by atoms with Gasteiger partial charge in [0.25, 0.3) is 0 Å². The average molecular weight is 403 g/mol. The highest BCUT2D eigenvalue weighted by Gasteiger charge is 2.21.